The molecular weight excluding hydrogens is 148 g/mol. The minimum Gasteiger partial charge on any atom is -0.511 e. The van der Waals surface area contributed by atoms with Crippen molar-refractivity contribution in [1.29, 1.82) is 0 Å². The molecule has 0 saturated carbocycles. The molecule has 0 aromatic heterocycles. The molecule has 0 radical (unpaired) electrons. The molecule has 10 heavy (non-hydrogen) atoms. The Morgan fingerprint density at radius 2 is 2.30 bits per heavy atom. The van der Waals surface area contributed by atoms with Crippen LogP contribution in [0, 0.1) is 0 Å². The van der Waals surface area contributed by atoms with E-state index in [9.17, 15) is 9.90 Å². The molecule has 0 fully saturated rings. The van der Waals surface area contributed by atoms with Gasteiger partial charge >= 0.3 is 0 Å². The molecule has 1 N–H and O–H groups in total. The van der Waals surface area contributed by atoms with E-state index < -0.39 is 0 Å². The maximum Gasteiger partial charge on any atom is 0.219 e. The fourth-order valence-electron chi connectivity index (χ4n) is 0.963. The summed E-state index contributed by atoms with van der Waals surface area (Å²) in [6, 6.07) is 0. The average Bonchev–Trinajstić information content (AvgIpc) is 2.09. The van der Waals surface area contributed by atoms with Crippen LogP contribution in [0.3, 0.4) is 0 Å². The van der Waals surface area contributed by atoms with Gasteiger partial charge in [-0.2, -0.15) is 0 Å². The Hall–Kier alpha value is -0.440. The summed E-state index contributed by atoms with van der Waals surface area (Å²) in [5, 5.41) is 9.28. The van der Waals surface area contributed by atoms with Gasteiger partial charge in [-0.25, -0.2) is 0 Å². The molecular formula is C7H10O2S. The molecule has 0 spiro atoms. The molecule has 0 aliphatic carbocycles. The Balaban J connectivity index is 2.90. The summed E-state index contributed by atoms with van der Waals surface area (Å²) in [5.41, 5.74) is 0.595. The van der Waals surface area contributed by atoms with Crippen LogP contribution in [-0.2, 0) is 4.79 Å². The summed E-state index contributed by atoms with van der Waals surface area (Å²) in [5.74, 6) is 0.275. The second kappa shape index (κ2) is 2.66. The van der Waals surface area contributed by atoms with Crippen LogP contribution in [0.4, 0.5) is 0 Å². The van der Waals surface area contributed by atoms with Gasteiger partial charge in [0.2, 0.25) is 5.12 Å². The topological polar surface area (TPSA) is 37.3 Å². The van der Waals surface area contributed by atoms with E-state index in [0.29, 0.717) is 12.0 Å². The third-order valence-electron chi connectivity index (χ3n) is 1.58. The van der Waals surface area contributed by atoms with E-state index in [1.807, 2.05) is 13.8 Å². The monoisotopic (exact) mass is 158 g/mol. The van der Waals surface area contributed by atoms with Crippen molar-refractivity contribution >= 4 is 16.9 Å². The van der Waals surface area contributed by atoms with Crippen LogP contribution in [0.15, 0.2) is 11.3 Å². The van der Waals surface area contributed by atoms with Crippen molar-refractivity contribution in [2.45, 2.75) is 25.5 Å². The predicted molar refractivity (Wildman–Crippen MR) is 42.0 cm³/mol. The number of aliphatic hydroxyl groups excluding tert-OH is 1. The minimum atomic E-state index is -0.0255. The van der Waals surface area contributed by atoms with Crippen LogP contribution in [0.1, 0.15) is 20.3 Å². The van der Waals surface area contributed by atoms with Gasteiger partial charge in [0.25, 0.3) is 0 Å². The Bertz CT molecular complexity index is 196. The Kier molecular flexibility index (Phi) is 2.04. The average molecular weight is 158 g/mol. The van der Waals surface area contributed by atoms with Gasteiger partial charge in [-0.1, -0.05) is 18.7 Å². The van der Waals surface area contributed by atoms with Gasteiger partial charge in [-0.15, -0.1) is 0 Å². The highest BCUT2D eigenvalue weighted by Gasteiger charge is 2.28. The molecule has 1 heterocycles. The van der Waals surface area contributed by atoms with Gasteiger partial charge in [-0.05, 0) is 13.3 Å². The van der Waals surface area contributed by atoms with Crippen LogP contribution in [0.5, 0.6) is 0 Å². The first kappa shape index (κ1) is 7.66. The first-order valence-corrected chi connectivity index (χ1v) is 4.17. The van der Waals surface area contributed by atoms with Crippen LogP contribution >= 0.6 is 11.8 Å². The summed E-state index contributed by atoms with van der Waals surface area (Å²) >= 11 is 1.20. The number of aliphatic hydroxyl groups is 1. The molecule has 1 aliphatic rings. The van der Waals surface area contributed by atoms with E-state index >= 15 is 0 Å². The van der Waals surface area contributed by atoms with Crippen LogP contribution < -0.4 is 0 Å². The van der Waals surface area contributed by atoms with Gasteiger partial charge in [0.05, 0.1) is 5.25 Å². The number of carbonyl (C=O) groups is 1. The van der Waals surface area contributed by atoms with E-state index in [0.717, 1.165) is 0 Å². The molecule has 0 bridgehead atoms. The smallest absolute Gasteiger partial charge is 0.219 e. The highest BCUT2D eigenvalue weighted by atomic mass is 32.2. The maximum absolute atomic E-state index is 11.0. The van der Waals surface area contributed by atoms with E-state index in [4.69, 9.17) is 0 Å². The molecule has 3 heteroatoms. The van der Waals surface area contributed by atoms with Gasteiger partial charge in [-0.3, -0.25) is 4.79 Å². The Morgan fingerprint density at radius 3 is 2.50 bits per heavy atom. The van der Waals surface area contributed by atoms with Crippen molar-refractivity contribution in [1.82, 2.24) is 0 Å². The largest absolute Gasteiger partial charge is 0.511 e. The summed E-state index contributed by atoms with van der Waals surface area (Å²) < 4.78 is 0. The van der Waals surface area contributed by atoms with Crippen molar-refractivity contribution in [2.75, 3.05) is 0 Å². The predicted octanol–water partition coefficient (Wildman–Crippen LogP) is 1.87. The zero-order valence-corrected chi connectivity index (χ0v) is 6.86. The first-order chi connectivity index (χ1) is 4.66. The zero-order chi connectivity index (χ0) is 7.72. The second-order valence-corrected chi connectivity index (χ2v) is 3.58. The van der Waals surface area contributed by atoms with Gasteiger partial charge in [0.15, 0.2) is 0 Å². The fourth-order valence-corrected chi connectivity index (χ4v) is 1.93. The normalized spacial score (nSPS) is 26.2. The lowest BCUT2D eigenvalue weighted by Gasteiger charge is -1.97. The van der Waals surface area contributed by atoms with Crippen molar-refractivity contribution in [3.63, 3.8) is 0 Å². The van der Waals surface area contributed by atoms with Gasteiger partial charge in [0.1, 0.15) is 5.76 Å². The van der Waals surface area contributed by atoms with Crippen molar-refractivity contribution in [3.8, 4) is 0 Å². The molecule has 1 atom stereocenters. The SMILES string of the molecule is CCC1=C(O)C(C)SC1=O. The van der Waals surface area contributed by atoms with Crippen LogP contribution in [0.2, 0.25) is 0 Å². The summed E-state index contributed by atoms with van der Waals surface area (Å²) in [4.78, 5) is 11.0. The van der Waals surface area contributed by atoms with Crippen molar-refractivity contribution < 1.29 is 9.90 Å². The maximum atomic E-state index is 11.0. The van der Waals surface area contributed by atoms with Gasteiger partial charge < -0.3 is 5.11 Å². The lowest BCUT2D eigenvalue weighted by atomic mass is 10.2. The third kappa shape index (κ3) is 1.06. The van der Waals surface area contributed by atoms with E-state index in [1.54, 1.807) is 0 Å². The van der Waals surface area contributed by atoms with E-state index in [-0.39, 0.29) is 16.1 Å². The lowest BCUT2D eigenvalue weighted by molar-refractivity contribution is -0.107. The third-order valence-corrected chi connectivity index (χ3v) is 2.62. The summed E-state index contributed by atoms with van der Waals surface area (Å²) in [6.45, 7) is 3.71. The highest BCUT2D eigenvalue weighted by Crippen LogP contribution is 2.33. The number of thioether (sulfide) groups is 1. The highest BCUT2D eigenvalue weighted by molar-refractivity contribution is 8.15. The summed E-state index contributed by atoms with van der Waals surface area (Å²) in [7, 11) is 0. The van der Waals surface area contributed by atoms with Crippen molar-refractivity contribution in [3.05, 3.63) is 11.3 Å². The Labute approximate surface area is 64.3 Å². The molecule has 1 rings (SSSR count). The fraction of sp³-hybridized carbons (Fsp3) is 0.571. The molecule has 56 valence electrons. The first-order valence-electron chi connectivity index (χ1n) is 3.29. The van der Waals surface area contributed by atoms with E-state index in [2.05, 4.69) is 0 Å². The molecule has 0 amide bonds. The molecule has 0 aromatic rings. The number of hydrogen-bond donors (Lipinski definition) is 1. The van der Waals surface area contributed by atoms with Crippen LogP contribution in [0.25, 0.3) is 0 Å². The molecule has 0 saturated heterocycles. The lowest BCUT2D eigenvalue weighted by Crippen LogP contribution is -1.94. The van der Waals surface area contributed by atoms with Crippen molar-refractivity contribution in [2.24, 2.45) is 0 Å². The molecule has 1 aliphatic heterocycles. The molecule has 2 nitrogen and oxygen atoms in total. The number of rotatable bonds is 1. The van der Waals surface area contributed by atoms with Gasteiger partial charge in [0, 0.05) is 5.57 Å². The van der Waals surface area contributed by atoms with E-state index in [1.165, 1.54) is 11.8 Å². The number of carbonyl (C=O) groups excluding carboxylic acids is 1. The second-order valence-electron chi connectivity index (χ2n) is 2.26. The zero-order valence-electron chi connectivity index (χ0n) is 6.05. The number of hydrogen-bond acceptors (Lipinski definition) is 3. The minimum absolute atomic E-state index is 0.0255. The molecule has 0 aromatic carbocycles. The molecule has 1 unspecified atom stereocenters. The Morgan fingerprint density at radius 1 is 1.70 bits per heavy atom. The van der Waals surface area contributed by atoms with Crippen LogP contribution in [-0.4, -0.2) is 15.5 Å². The standard InChI is InChI=1S/C7H10O2S/c1-3-5-6(8)4(2)10-7(5)9/h4,8H,3H2,1-2H3. The summed E-state index contributed by atoms with van der Waals surface area (Å²) in [6.07, 6.45) is 0.641. The quantitative estimate of drug-likeness (QED) is 0.633.